The molecule has 0 bridgehead atoms. The topological polar surface area (TPSA) is 265 Å². The number of nitrogen functional groups attached to an aromatic ring is 1. The molecule has 2 radical (unpaired) electrons. The van der Waals surface area contributed by atoms with Crippen LogP contribution in [0.4, 0.5) is 28.4 Å². The predicted octanol–water partition coefficient (Wildman–Crippen LogP) is 1.39. The molecule has 0 amide bonds. The molecule has 0 spiro atoms. The number of hydrogen-bond acceptors (Lipinski definition) is 13. The molecule has 6 aromatic rings. The van der Waals surface area contributed by atoms with Crippen molar-refractivity contribution < 1.29 is 140 Å². The van der Waals surface area contributed by atoms with Crippen LogP contribution in [0.15, 0.2) is 121 Å². The van der Waals surface area contributed by atoms with E-state index in [1.807, 2.05) is 0 Å². The number of anilines is 1. The summed E-state index contributed by atoms with van der Waals surface area (Å²) in [5.74, 6) is -1.76. The van der Waals surface area contributed by atoms with Crippen LogP contribution in [-0.2, 0) is 54.4 Å². The van der Waals surface area contributed by atoms with Gasteiger partial charge in [0, 0.05) is 50.6 Å². The molecule has 0 aliphatic rings. The Labute approximate surface area is 367 Å². The SMILES string of the molecule is Nc1ccc2c(O)c(N=Nc3ccc(-c4ccc(N=Nc5c(O)c(S(=O)(=O)O)cc6cc(S(=O)(=O)O)ccc56)c(O)c4)cc3O)ccc2c1.[Cu].[Cu].[Na+].[Na+]. The van der Waals surface area contributed by atoms with Gasteiger partial charge in [-0.25, -0.2) is 0 Å². The van der Waals surface area contributed by atoms with E-state index in [9.17, 15) is 46.4 Å². The van der Waals surface area contributed by atoms with Gasteiger partial charge in [0.25, 0.3) is 20.2 Å². The second-order valence-corrected chi connectivity index (χ2v) is 13.4. The molecule has 6 aromatic carbocycles. The van der Waals surface area contributed by atoms with Crippen molar-refractivity contribution in [2.75, 3.05) is 5.73 Å². The summed E-state index contributed by atoms with van der Waals surface area (Å²) in [5, 5.41) is 59.6. The van der Waals surface area contributed by atoms with Crippen molar-refractivity contribution in [2.24, 2.45) is 20.5 Å². The zero-order chi connectivity index (χ0) is 35.2. The molecule has 6 rings (SSSR count). The van der Waals surface area contributed by atoms with Crippen molar-refractivity contribution in [1.29, 1.82) is 0 Å². The summed E-state index contributed by atoms with van der Waals surface area (Å²) >= 11 is 0. The van der Waals surface area contributed by atoms with E-state index in [-0.39, 0.29) is 133 Å². The minimum absolute atomic E-state index is 0. The van der Waals surface area contributed by atoms with E-state index >= 15 is 0 Å². The van der Waals surface area contributed by atoms with Crippen LogP contribution in [0.2, 0.25) is 0 Å². The fraction of sp³-hybridized carbons (Fsp3) is 0. The van der Waals surface area contributed by atoms with E-state index in [4.69, 9.17) is 5.73 Å². The van der Waals surface area contributed by atoms with Crippen molar-refractivity contribution in [3.8, 4) is 34.1 Å². The van der Waals surface area contributed by atoms with Crippen molar-refractivity contribution in [2.45, 2.75) is 9.79 Å². The Hall–Kier alpha value is -3.10. The van der Waals surface area contributed by atoms with Gasteiger partial charge in [-0.2, -0.15) is 16.8 Å². The third kappa shape index (κ3) is 9.96. The van der Waals surface area contributed by atoms with Crippen LogP contribution < -0.4 is 64.8 Å². The fourth-order valence-corrected chi connectivity index (χ4v) is 6.11. The van der Waals surface area contributed by atoms with Gasteiger partial charge < -0.3 is 26.2 Å². The second kappa shape index (κ2) is 18.0. The van der Waals surface area contributed by atoms with E-state index < -0.39 is 47.2 Å². The standard InChI is InChI=1S/C32H23N5O10S2.2Cu.2Na/c33-20-4-6-23-18(11-20)3-10-26(31(23)40)36-34-24-8-1-16(13-27(24)38)17-2-9-25(28(39)14-17)35-37-30-22-7-5-21(48(42,43)44)12-19(22)15-29(32(30)41)49(45,46)47;;;;/h1-15,38-41H,33H2,(H,42,43,44)(H,45,46,47);;;;/q;;;2*+1. The van der Waals surface area contributed by atoms with E-state index in [1.165, 1.54) is 30.3 Å². The van der Waals surface area contributed by atoms with E-state index in [1.54, 1.807) is 36.4 Å². The molecule has 0 heterocycles. The molecular formula is C32H23Cu2N5Na2O10S2+2. The largest absolute Gasteiger partial charge is 1.00 e. The van der Waals surface area contributed by atoms with Crippen LogP contribution in [-0.4, -0.2) is 46.4 Å². The molecule has 0 saturated carbocycles. The van der Waals surface area contributed by atoms with Crippen LogP contribution >= 0.6 is 0 Å². The number of azo groups is 2. The van der Waals surface area contributed by atoms with Gasteiger partial charge in [0.05, 0.1) is 4.90 Å². The molecule has 15 nitrogen and oxygen atoms in total. The number of hydrogen-bond donors (Lipinski definition) is 7. The van der Waals surface area contributed by atoms with Crippen LogP contribution in [0.3, 0.4) is 0 Å². The molecular weight excluding hydrogens is 852 g/mol. The Morgan fingerprint density at radius 3 is 1.58 bits per heavy atom. The van der Waals surface area contributed by atoms with Crippen LogP contribution in [0.25, 0.3) is 32.7 Å². The minimum atomic E-state index is -5.02. The average molecular weight is 875 g/mol. The van der Waals surface area contributed by atoms with Crippen molar-refractivity contribution >= 4 is 70.2 Å². The molecule has 53 heavy (non-hydrogen) atoms. The first-order chi connectivity index (χ1) is 23.1. The number of phenolic OH excluding ortho intramolecular Hbond substituents is 4. The molecule has 0 atom stereocenters. The van der Waals surface area contributed by atoms with Crippen LogP contribution in [0, 0.1) is 0 Å². The summed E-state index contributed by atoms with van der Waals surface area (Å²) in [5.41, 5.74) is 6.88. The van der Waals surface area contributed by atoms with E-state index in [0.29, 0.717) is 27.6 Å². The Bertz CT molecular complexity index is 2650. The molecule has 21 heteroatoms. The molecule has 270 valence electrons. The maximum Gasteiger partial charge on any atom is 1.00 e. The number of nitrogens with two attached hydrogens (primary N) is 1. The normalized spacial score (nSPS) is 11.5. The zero-order valence-corrected chi connectivity index (χ0v) is 34.8. The summed E-state index contributed by atoms with van der Waals surface area (Å²) < 4.78 is 66.0. The Morgan fingerprint density at radius 2 is 1.04 bits per heavy atom. The molecule has 0 fully saturated rings. The zero-order valence-electron chi connectivity index (χ0n) is 27.3. The number of rotatable bonds is 7. The van der Waals surface area contributed by atoms with Crippen LogP contribution in [0.1, 0.15) is 0 Å². The summed E-state index contributed by atoms with van der Waals surface area (Å²) in [7, 11) is -9.70. The molecule has 0 aromatic heterocycles. The summed E-state index contributed by atoms with van der Waals surface area (Å²) in [6, 6.07) is 20.7. The number of fused-ring (bicyclic) bond motifs is 2. The Morgan fingerprint density at radius 1 is 0.509 bits per heavy atom. The van der Waals surface area contributed by atoms with Gasteiger partial charge in [0.15, 0.2) is 11.5 Å². The molecule has 0 aliphatic carbocycles. The third-order valence-corrected chi connectivity index (χ3v) is 9.12. The number of phenols is 4. The van der Waals surface area contributed by atoms with Crippen molar-refractivity contribution in [3.63, 3.8) is 0 Å². The van der Waals surface area contributed by atoms with Crippen molar-refractivity contribution in [3.05, 3.63) is 91.0 Å². The van der Waals surface area contributed by atoms with Crippen molar-refractivity contribution in [1.82, 2.24) is 0 Å². The monoisotopic (exact) mass is 873 g/mol. The van der Waals surface area contributed by atoms with Gasteiger partial charge in [0.1, 0.15) is 39.1 Å². The predicted molar refractivity (Wildman–Crippen MR) is 179 cm³/mol. The Kier molecular flexibility index (Phi) is 15.7. The molecule has 0 saturated heterocycles. The fourth-order valence-electron chi connectivity index (χ4n) is 4.98. The van der Waals surface area contributed by atoms with Gasteiger partial charge in [-0.15, -0.1) is 20.5 Å². The smallest absolute Gasteiger partial charge is 0.506 e. The van der Waals surface area contributed by atoms with Gasteiger partial charge in [-0.3, -0.25) is 9.11 Å². The number of benzene rings is 6. The first kappa shape index (κ1) is 46.1. The van der Waals surface area contributed by atoms with E-state index in [2.05, 4.69) is 20.5 Å². The number of nitrogens with zero attached hydrogens (tertiary/aromatic N) is 4. The molecule has 8 N–H and O–H groups in total. The van der Waals surface area contributed by atoms with Crippen LogP contribution in [0.5, 0.6) is 23.0 Å². The number of aromatic hydroxyl groups is 4. The summed E-state index contributed by atoms with van der Waals surface area (Å²) in [6.45, 7) is 0. The average Bonchev–Trinajstić information content (AvgIpc) is 3.03. The quantitative estimate of drug-likeness (QED) is 0.0522. The molecule has 0 aliphatic heterocycles. The van der Waals surface area contributed by atoms with E-state index in [0.717, 1.165) is 24.3 Å². The van der Waals surface area contributed by atoms with Gasteiger partial charge >= 0.3 is 59.1 Å². The first-order valence-corrected chi connectivity index (χ1v) is 16.7. The first-order valence-electron chi connectivity index (χ1n) is 13.9. The summed E-state index contributed by atoms with van der Waals surface area (Å²) in [6.07, 6.45) is 0. The second-order valence-electron chi connectivity index (χ2n) is 10.6. The Balaban J connectivity index is 0.00000243. The summed E-state index contributed by atoms with van der Waals surface area (Å²) in [4.78, 5) is -1.58. The maximum atomic E-state index is 11.9. The third-order valence-electron chi connectivity index (χ3n) is 7.40. The van der Waals surface area contributed by atoms with Gasteiger partial charge in [-0.1, -0.05) is 24.3 Å². The van der Waals surface area contributed by atoms with Gasteiger partial charge in [-0.05, 0) is 88.6 Å². The minimum Gasteiger partial charge on any atom is -0.506 e. The molecule has 0 unspecified atom stereocenters. The van der Waals surface area contributed by atoms with Gasteiger partial charge in [0.2, 0.25) is 0 Å². The maximum absolute atomic E-state index is 11.9.